The average molecular weight is 302 g/mol. The predicted molar refractivity (Wildman–Crippen MR) is 91.0 cm³/mol. The molecule has 1 unspecified atom stereocenters. The van der Waals surface area contributed by atoms with Gasteiger partial charge in [0.15, 0.2) is 0 Å². The van der Waals surface area contributed by atoms with Crippen LogP contribution in [0.15, 0.2) is 54.6 Å². The summed E-state index contributed by atoms with van der Waals surface area (Å²) in [4.78, 5) is 0. The van der Waals surface area contributed by atoms with Crippen LogP contribution < -0.4 is 14.6 Å². The van der Waals surface area contributed by atoms with Crippen molar-refractivity contribution in [3.05, 3.63) is 54.6 Å². The van der Waals surface area contributed by atoms with E-state index in [1.165, 1.54) is 5.30 Å². The molecule has 0 aromatic heterocycles. The Hall–Kier alpha value is -1.53. The van der Waals surface area contributed by atoms with E-state index in [-0.39, 0.29) is 6.10 Å². The third-order valence-electron chi connectivity index (χ3n) is 2.88. The van der Waals surface area contributed by atoms with E-state index in [9.17, 15) is 0 Å². The SMILES string of the molecule is CC(C)Oc1ccc(P(Oc2ccccc2)C(C)C)cc1. The van der Waals surface area contributed by atoms with Gasteiger partial charge in [-0.15, -0.1) is 0 Å². The number of ether oxygens (including phenoxy) is 1. The summed E-state index contributed by atoms with van der Waals surface area (Å²) in [7, 11) is -0.679. The molecule has 0 radical (unpaired) electrons. The number of rotatable bonds is 6. The highest BCUT2D eigenvalue weighted by molar-refractivity contribution is 7.61. The van der Waals surface area contributed by atoms with Crippen molar-refractivity contribution < 1.29 is 9.26 Å². The van der Waals surface area contributed by atoms with Crippen LogP contribution in [-0.4, -0.2) is 11.8 Å². The molecule has 0 aliphatic rings. The van der Waals surface area contributed by atoms with Crippen molar-refractivity contribution in [2.45, 2.75) is 39.5 Å². The maximum Gasteiger partial charge on any atom is 0.123 e. The minimum atomic E-state index is -0.679. The van der Waals surface area contributed by atoms with Crippen LogP contribution in [0.3, 0.4) is 0 Å². The lowest BCUT2D eigenvalue weighted by molar-refractivity contribution is 0.242. The summed E-state index contributed by atoms with van der Waals surface area (Å²) in [6, 6.07) is 18.3. The first-order chi connectivity index (χ1) is 10.1. The Labute approximate surface area is 128 Å². The van der Waals surface area contributed by atoms with Gasteiger partial charge in [0.25, 0.3) is 0 Å². The van der Waals surface area contributed by atoms with E-state index >= 15 is 0 Å². The third-order valence-corrected chi connectivity index (χ3v) is 5.03. The van der Waals surface area contributed by atoms with Crippen molar-refractivity contribution in [1.29, 1.82) is 0 Å². The lowest BCUT2D eigenvalue weighted by atomic mass is 10.3. The summed E-state index contributed by atoms with van der Waals surface area (Å²) in [6.45, 7) is 8.47. The zero-order valence-electron chi connectivity index (χ0n) is 13.1. The first-order valence-corrected chi connectivity index (χ1v) is 8.68. The summed E-state index contributed by atoms with van der Waals surface area (Å²) in [6.07, 6.45) is 0.197. The number of hydrogen-bond donors (Lipinski definition) is 0. The van der Waals surface area contributed by atoms with Crippen molar-refractivity contribution in [2.24, 2.45) is 0 Å². The Morgan fingerprint density at radius 1 is 0.762 bits per heavy atom. The number of para-hydroxylation sites is 1. The van der Waals surface area contributed by atoms with Gasteiger partial charge in [-0.3, -0.25) is 0 Å². The highest BCUT2D eigenvalue weighted by Crippen LogP contribution is 2.42. The molecule has 3 heteroatoms. The number of benzene rings is 2. The van der Waals surface area contributed by atoms with Gasteiger partial charge in [0.2, 0.25) is 0 Å². The van der Waals surface area contributed by atoms with Gasteiger partial charge in [-0.1, -0.05) is 32.0 Å². The molecule has 0 aliphatic carbocycles. The maximum absolute atomic E-state index is 6.21. The van der Waals surface area contributed by atoms with Gasteiger partial charge in [0.1, 0.15) is 19.6 Å². The maximum atomic E-state index is 6.21. The second-order valence-electron chi connectivity index (χ2n) is 5.48. The Morgan fingerprint density at radius 3 is 1.90 bits per heavy atom. The molecule has 21 heavy (non-hydrogen) atoms. The first kappa shape index (κ1) is 15.9. The molecule has 2 rings (SSSR count). The molecule has 0 fully saturated rings. The number of hydrogen-bond acceptors (Lipinski definition) is 2. The highest BCUT2D eigenvalue weighted by atomic mass is 31.1. The fraction of sp³-hybridized carbons (Fsp3) is 0.333. The van der Waals surface area contributed by atoms with Crippen LogP contribution in [0.1, 0.15) is 27.7 Å². The molecule has 1 atom stereocenters. The molecule has 0 saturated heterocycles. The lowest BCUT2D eigenvalue weighted by Gasteiger charge is -2.22. The van der Waals surface area contributed by atoms with Crippen LogP contribution in [-0.2, 0) is 0 Å². The molecule has 0 amide bonds. The smallest absolute Gasteiger partial charge is 0.123 e. The van der Waals surface area contributed by atoms with Gasteiger partial charge in [0, 0.05) is 11.0 Å². The Balaban J connectivity index is 2.14. The first-order valence-electron chi connectivity index (χ1n) is 7.35. The quantitative estimate of drug-likeness (QED) is 0.700. The molecular formula is C18H23O2P. The zero-order valence-corrected chi connectivity index (χ0v) is 14.0. The molecule has 2 aromatic carbocycles. The molecule has 0 heterocycles. The van der Waals surface area contributed by atoms with E-state index in [0.29, 0.717) is 5.66 Å². The van der Waals surface area contributed by atoms with Crippen LogP contribution in [0.5, 0.6) is 11.5 Å². The fourth-order valence-corrected chi connectivity index (χ4v) is 3.70. The van der Waals surface area contributed by atoms with E-state index in [1.807, 2.05) is 56.3 Å². The van der Waals surface area contributed by atoms with E-state index < -0.39 is 8.15 Å². The van der Waals surface area contributed by atoms with Crippen LogP contribution in [0.25, 0.3) is 0 Å². The summed E-state index contributed by atoms with van der Waals surface area (Å²) in [5.74, 6) is 1.84. The second-order valence-corrected chi connectivity index (χ2v) is 7.87. The molecular weight excluding hydrogens is 279 g/mol. The van der Waals surface area contributed by atoms with Gasteiger partial charge in [-0.05, 0) is 50.2 Å². The molecule has 2 nitrogen and oxygen atoms in total. The molecule has 0 aliphatic heterocycles. The van der Waals surface area contributed by atoms with Gasteiger partial charge in [-0.2, -0.15) is 0 Å². The topological polar surface area (TPSA) is 18.5 Å². The van der Waals surface area contributed by atoms with Crippen LogP contribution in [0.2, 0.25) is 0 Å². The second kappa shape index (κ2) is 7.47. The van der Waals surface area contributed by atoms with Gasteiger partial charge >= 0.3 is 0 Å². The zero-order chi connectivity index (χ0) is 15.2. The van der Waals surface area contributed by atoms with Crippen molar-refractivity contribution in [1.82, 2.24) is 0 Å². The predicted octanol–water partition coefficient (Wildman–Crippen LogP) is 4.98. The van der Waals surface area contributed by atoms with Crippen molar-refractivity contribution in [3.8, 4) is 11.5 Å². The van der Waals surface area contributed by atoms with Crippen molar-refractivity contribution in [2.75, 3.05) is 0 Å². The lowest BCUT2D eigenvalue weighted by Crippen LogP contribution is -2.13. The van der Waals surface area contributed by atoms with E-state index in [1.54, 1.807) is 0 Å². The Bertz CT molecular complexity index is 535. The Kier molecular flexibility index (Phi) is 5.64. The van der Waals surface area contributed by atoms with E-state index in [4.69, 9.17) is 9.26 Å². The minimum Gasteiger partial charge on any atom is -0.491 e. The Morgan fingerprint density at radius 2 is 1.38 bits per heavy atom. The summed E-state index contributed by atoms with van der Waals surface area (Å²) in [5.41, 5.74) is 0.456. The fourth-order valence-electron chi connectivity index (χ4n) is 1.99. The molecule has 0 saturated carbocycles. The van der Waals surface area contributed by atoms with Gasteiger partial charge in [0.05, 0.1) is 6.10 Å². The minimum absolute atomic E-state index is 0.197. The summed E-state index contributed by atoms with van der Waals surface area (Å²) >= 11 is 0. The van der Waals surface area contributed by atoms with E-state index in [0.717, 1.165) is 11.5 Å². The molecule has 0 spiro atoms. The normalized spacial score (nSPS) is 12.5. The summed E-state index contributed by atoms with van der Waals surface area (Å²) < 4.78 is 11.9. The van der Waals surface area contributed by atoms with E-state index in [2.05, 4.69) is 26.0 Å². The van der Waals surface area contributed by atoms with Crippen LogP contribution >= 0.6 is 8.15 Å². The molecule has 0 N–H and O–H groups in total. The summed E-state index contributed by atoms with van der Waals surface area (Å²) in [5, 5.41) is 1.24. The van der Waals surface area contributed by atoms with Crippen molar-refractivity contribution >= 4 is 13.5 Å². The third kappa shape index (κ3) is 4.75. The van der Waals surface area contributed by atoms with Crippen molar-refractivity contribution in [3.63, 3.8) is 0 Å². The molecule has 112 valence electrons. The largest absolute Gasteiger partial charge is 0.491 e. The van der Waals surface area contributed by atoms with Gasteiger partial charge in [-0.25, -0.2) is 0 Å². The average Bonchev–Trinajstić information content (AvgIpc) is 2.46. The van der Waals surface area contributed by atoms with Crippen LogP contribution in [0.4, 0.5) is 0 Å². The van der Waals surface area contributed by atoms with Gasteiger partial charge < -0.3 is 9.26 Å². The highest BCUT2D eigenvalue weighted by Gasteiger charge is 2.18. The standard InChI is InChI=1S/C18H23O2P/c1-14(2)19-16-10-12-18(13-11-16)21(15(3)4)20-17-8-6-5-7-9-17/h5-15H,1-4H3. The monoisotopic (exact) mass is 302 g/mol. The molecule has 2 aromatic rings. The molecule has 0 bridgehead atoms. The van der Waals surface area contributed by atoms with Crippen LogP contribution in [0, 0.1) is 0 Å².